The van der Waals surface area contributed by atoms with Gasteiger partial charge in [0, 0.05) is 31.8 Å². The van der Waals surface area contributed by atoms with Gasteiger partial charge in [0.1, 0.15) is 31.4 Å². The van der Waals surface area contributed by atoms with Crippen LogP contribution in [0, 0.1) is 0 Å². The quantitative estimate of drug-likeness (QED) is 0.119. The molecule has 1 saturated carbocycles. The van der Waals surface area contributed by atoms with Crippen LogP contribution in [0.3, 0.4) is 0 Å². The molecule has 2 amide bonds. The molecule has 0 aromatic heterocycles. The lowest BCUT2D eigenvalue weighted by atomic mass is 9.87. The molecule has 1 atom stereocenters. The van der Waals surface area contributed by atoms with E-state index in [2.05, 4.69) is 0 Å². The molecule has 9 nitrogen and oxygen atoms in total. The molecule has 0 saturated heterocycles. The number of hydrogen-bond donors (Lipinski definition) is 0. The Hall–Kier alpha value is -3.18. The van der Waals surface area contributed by atoms with Gasteiger partial charge >= 0.3 is 6.09 Å². The minimum absolute atomic E-state index is 0.0115. The second-order valence-electron chi connectivity index (χ2n) is 13.3. The van der Waals surface area contributed by atoms with Crippen LogP contribution in [0.2, 0.25) is 20.1 Å². The molecule has 0 radical (unpaired) electrons. The number of nitrogens with zero attached hydrogens (tertiary/aromatic N) is 2. The lowest BCUT2D eigenvalue weighted by Gasteiger charge is -2.40. The number of methoxy groups -OCH3 is 1. The number of carbonyl (C=O) groups is 2. The second-order valence-corrected chi connectivity index (χ2v) is 14.9. The van der Waals surface area contributed by atoms with Gasteiger partial charge in [-0.25, -0.2) is 4.79 Å². The number of rotatable bonds is 14. The zero-order chi connectivity index (χ0) is 36.7. The van der Waals surface area contributed by atoms with Crippen molar-refractivity contribution in [2.24, 2.45) is 0 Å². The first kappa shape index (κ1) is 39.0. The van der Waals surface area contributed by atoms with Gasteiger partial charge in [-0.15, -0.1) is 0 Å². The third-order valence-corrected chi connectivity index (χ3v) is 9.77. The molecule has 2 aliphatic rings. The van der Waals surface area contributed by atoms with Crippen LogP contribution >= 0.6 is 46.4 Å². The van der Waals surface area contributed by atoms with Gasteiger partial charge < -0.3 is 28.6 Å². The summed E-state index contributed by atoms with van der Waals surface area (Å²) in [5.41, 5.74) is 2.07. The van der Waals surface area contributed by atoms with Crippen molar-refractivity contribution >= 4 is 64.0 Å². The topological polar surface area (TPSA) is 86.8 Å². The highest BCUT2D eigenvalue weighted by Crippen LogP contribution is 2.39. The summed E-state index contributed by atoms with van der Waals surface area (Å²) in [6.07, 6.45) is 1.58. The molecule has 1 unspecified atom stereocenters. The Bertz CT molecular complexity index is 1700. The first-order valence-corrected chi connectivity index (χ1v) is 18.2. The molecule has 0 bridgehead atoms. The normalized spacial score (nSPS) is 16.2. The Kier molecular flexibility index (Phi) is 13.4. The maximum absolute atomic E-state index is 14.9. The van der Waals surface area contributed by atoms with Crippen molar-refractivity contribution < 1.29 is 33.3 Å². The summed E-state index contributed by atoms with van der Waals surface area (Å²) in [5.74, 6) is 0.810. The van der Waals surface area contributed by atoms with Crippen LogP contribution in [0.4, 0.5) is 4.79 Å². The Morgan fingerprint density at radius 3 is 2.18 bits per heavy atom. The fourth-order valence-electron chi connectivity index (χ4n) is 5.84. The molecule has 1 aliphatic carbocycles. The van der Waals surface area contributed by atoms with Crippen molar-refractivity contribution in [3.63, 3.8) is 0 Å². The zero-order valence-corrected chi connectivity index (χ0v) is 32.1. The van der Waals surface area contributed by atoms with Crippen LogP contribution < -0.4 is 9.47 Å². The predicted octanol–water partition coefficient (Wildman–Crippen LogP) is 9.33. The van der Waals surface area contributed by atoms with Crippen molar-refractivity contribution in [2.75, 3.05) is 40.3 Å². The molecule has 274 valence electrons. The van der Waals surface area contributed by atoms with Crippen LogP contribution in [0.15, 0.2) is 66.2 Å². The minimum atomic E-state index is -0.757. The third kappa shape index (κ3) is 10.2. The zero-order valence-electron chi connectivity index (χ0n) is 29.1. The van der Waals surface area contributed by atoms with Gasteiger partial charge in [0.05, 0.1) is 32.7 Å². The molecule has 0 N–H and O–H groups in total. The van der Waals surface area contributed by atoms with Gasteiger partial charge in [0.25, 0.3) is 5.91 Å². The van der Waals surface area contributed by atoms with E-state index in [4.69, 9.17) is 70.1 Å². The Labute approximate surface area is 319 Å². The first-order chi connectivity index (χ1) is 24.4. The molecular formula is C38H42Cl4N2O7. The van der Waals surface area contributed by atoms with E-state index >= 15 is 0 Å². The van der Waals surface area contributed by atoms with Crippen LogP contribution in [-0.4, -0.2) is 79.8 Å². The standard InChI is InChI=1S/C38H42Cl4N2O7/c1-38(2,3)51-37(46)43-18-17-28(24-11-15-27(16-12-24)49-19-20-50-35-30(40)9-6-10-31(35)41)33(32(43)22-48-23-47-4)36(45)44(26-13-14-26)21-25-7-5-8-29(39)34(25)42/h5-12,15-16,26,32H,13-14,17-23H2,1-4H3. The van der Waals surface area contributed by atoms with Crippen LogP contribution in [0.1, 0.15) is 51.2 Å². The Morgan fingerprint density at radius 2 is 1.53 bits per heavy atom. The minimum Gasteiger partial charge on any atom is -0.490 e. The van der Waals surface area contributed by atoms with Crippen molar-refractivity contribution in [2.45, 2.75) is 64.3 Å². The number of amides is 2. The largest absolute Gasteiger partial charge is 0.490 e. The number of ether oxygens (including phenoxy) is 5. The Balaban J connectivity index is 1.46. The monoisotopic (exact) mass is 778 g/mol. The number of halogens is 4. The van der Waals surface area contributed by atoms with E-state index in [0.717, 1.165) is 29.5 Å². The van der Waals surface area contributed by atoms with E-state index in [-0.39, 0.29) is 45.1 Å². The van der Waals surface area contributed by atoms with Crippen LogP contribution in [0.25, 0.3) is 5.57 Å². The average molecular weight is 781 g/mol. The van der Waals surface area contributed by atoms with Gasteiger partial charge in [0.15, 0.2) is 5.75 Å². The second kappa shape index (κ2) is 17.6. The van der Waals surface area contributed by atoms with Gasteiger partial charge in [0.2, 0.25) is 0 Å². The predicted molar refractivity (Wildman–Crippen MR) is 200 cm³/mol. The fraction of sp³-hybridized carbons (Fsp3) is 0.421. The maximum atomic E-state index is 14.9. The molecule has 1 fully saturated rings. The van der Waals surface area contributed by atoms with E-state index in [1.54, 1.807) is 29.2 Å². The van der Waals surface area contributed by atoms with E-state index in [9.17, 15) is 9.59 Å². The van der Waals surface area contributed by atoms with Gasteiger partial charge in [-0.1, -0.05) is 76.7 Å². The Morgan fingerprint density at radius 1 is 0.882 bits per heavy atom. The van der Waals surface area contributed by atoms with Gasteiger partial charge in [-0.2, -0.15) is 0 Å². The third-order valence-electron chi connectivity index (χ3n) is 8.31. The first-order valence-electron chi connectivity index (χ1n) is 16.7. The lowest BCUT2D eigenvalue weighted by molar-refractivity contribution is -0.129. The number of hydrogen-bond acceptors (Lipinski definition) is 7. The molecule has 5 rings (SSSR count). The summed E-state index contributed by atoms with van der Waals surface area (Å²) in [5, 5.41) is 1.66. The van der Waals surface area contributed by atoms with E-state index in [0.29, 0.717) is 50.1 Å². The van der Waals surface area contributed by atoms with E-state index < -0.39 is 17.7 Å². The van der Waals surface area contributed by atoms with Crippen LogP contribution in [0.5, 0.6) is 11.5 Å². The molecule has 1 heterocycles. The number of carbonyl (C=O) groups excluding carboxylic acids is 2. The summed E-state index contributed by atoms with van der Waals surface area (Å²) in [4.78, 5) is 32.0. The maximum Gasteiger partial charge on any atom is 0.410 e. The summed E-state index contributed by atoms with van der Waals surface area (Å²) < 4.78 is 28.5. The highest BCUT2D eigenvalue weighted by Gasteiger charge is 2.43. The van der Waals surface area contributed by atoms with Gasteiger partial charge in [-0.05, 0) is 87.1 Å². The molecule has 0 spiro atoms. The summed E-state index contributed by atoms with van der Waals surface area (Å²) in [6, 6.07) is 17.3. The van der Waals surface area contributed by atoms with Gasteiger partial charge in [-0.3, -0.25) is 9.69 Å². The molecule has 3 aromatic rings. The lowest BCUT2D eigenvalue weighted by Crippen LogP contribution is -2.52. The number of para-hydroxylation sites is 1. The summed E-state index contributed by atoms with van der Waals surface area (Å²) in [7, 11) is 1.52. The van der Waals surface area contributed by atoms with Crippen molar-refractivity contribution in [3.05, 3.63) is 97.5 Å². The SMILES string of the molecule is COCOCC1C(C(=O)N(Cc2cccc(Cl)c2Cl)C2CC2)=C(c2ccc(OCCOc3c(Cl)cccc3Cl)cc2)CCN1C(=O)OC(C)(C)C. The van der Waals surface area contributed by atoms with Crippen molar-refractivity contribution in [3.8, 4) is 11.5 Å². The van der Waals surface area contributed by atoms with E-state index in [1.807, 2.05) is 62.1 Å². The highest BCUT2D eigenvalue weighted by atomic mass is 35.5. The highest BCUT2D eigenvalue weighted by molar-refractivity contribution is 6.42. The molecule has 51 heavy (non-hydrogen) atoms. The summed E-state index contributed by atoms with van der Waals surface area (Å²) in [6.45, 7) is 6.48. The number of benzene rings is 3. The average Bonchev–Trinajstić information content (AvgIpc) is 3.93. The smallest absolute Gasteiger partial charge is 0.410 e. The molecule has 3 aromatic carbocycles. The molecule has 13 heteroatoms. The van der Waals surface area contributed by atoms with E-state index in [1.165, 1.54) is 7.11 Å². The van der Waals surface area contributed by atoms with Crippen LogP contribution in [-0.2, 0) is 25.5 Å². The molecular weight excluding hydrogens is 738 g/mol. The molecule has 1 aliphatic heterocycles. The fourth-order valence-corrected chi connectivity index (χ4v) is 6.73. The summed E-state index contributed by atoms with van der Waals surface area (Å²) >= 11 is 25.4. The van der Waals surface area contributed by atoms with Crippen molar-refractivity contribution in [1.82, 2.24) is 9.80 Å². The van der Waals surface area contributed by atoms with Crippen molar-refractivity contribution in [1.29, 1.82) is 0 Å².